The van der Waals surface area contributed by atoms with Crippen molar-refractivity contribution in [3.8, 4) is 0 Å². The van der Waals surface area contributed by atoms with Crippen LogP contribution in [-0.2, 0) is 77.8 Å². The summed E-state index contributed by atoms with van der Waals surface area (Å²) in [6.45, 7) is 14.9. The zero-order valence-electron chi connectivity index (χ0n) is 35.5. The highest BCUT2D eigenvalue weighted by atomic mass is 28.4. The van der Waals surface area contributed by atoms with Crippen LogP contribution in [0.1, 0.15) is 74.8 Å². The second kappa shape index (κ2) is 21.9. The SMILES string of the molecule is C[C@H](O[Si](c1ccccc1)(c1ccccc1)C(C)(C)C)C(=O)O[C@H](C)C(=O)O[C@H](C)C(=O)O[C@H](C)C(=O)O[C@H](C)C(=O)O[C@H](C)C(=O)O[C@H](C)C(=O)OCc1ccccc1. The van der Waals surface area contributed by atoms with Crippen LogP contribution in [0.5, 0.6) is 0 Å². The summed E-state index contributed by atoms with van der Waals surface area (Å²) in [6, 6.07) is 28.2. The van der Waals surface area contributed by atoms with Crippen LogP contribution in [0, 0.1) is 0 Å². The molecule has 0 amide bonds. The summed E-state index contributed by atoms with van der Waals surface area (Å²) in [5.74, 6) is -7.20. The third kappa shape index (κ3) is 13.3. The van der Waals surface area contributed by atoms with Gasteiger partial charge in [0, 0.05) is 0 Å². The van der Waals surface area contributed by atoms with Crippen LogP contribution in [0.4, 0.5) is 0 Å². The second-order valence-corrected chi connectivity index (χ2v) is 19.2. The summed E-state index contributed by atoms with van der Waals surface area (Å²) >= 11 is 0. The van der Waals surface area contributed by atoms with E-state index in [0.717, 1.165) is 29.8 Å². The van der Waals surface area contributed by atoms with E-state index < -0.39 is 97.9 Å². The monoisotopic (exact) mass is 850 g/mol. The predicted octanol–water partition coefficient (Wildman–Crippen LogP) is 4.29. The number of ether oxygens (including phenoxy) is 7. The molecule has 15 nitrogen and oxygen atoms in total. The number of hydrogen-bond donors (Lipinski definition) is 0. The third-order valence-corrected chi connectivity index (χ3v) is 14.2. The first-order valence-electron chi connectivity index (χ1n) is 19.4. The second-order valence-electron chi connectivity index (χ2n) is 15.0. The molecule has 0 radical (unpaired) electrons. The summed E-state index contributed by atoms with van der Waals surface area (Å²) in [4.78, 5) is 89.0. The Morgan fingerprint density at radius 2 is 0.683 bits per heavy atom. The molecule has 0 aliphatic rings. The van der Waals surface area contributed by atoms with Gasteiger partial charge in [-0.1, -0.05) is 112 Å². The molecule has 3 aromatic carbocycles. The number of rotatable bonds is 19. The summed E-state index contributed by atoms with van der Waals surface area (Å²) in [7, 11) is -3.14. The minimum atomic E-state index is -3.14. The standard InChI is InChI=1S/C44H54O15Si/c1-27(37(45)52-26-34-20-14-11-15-21-34)53-38(46)28(2)54-39(47)29(3)55-40(48)30(4)56-41(49)31(5)57-42(50)32(6)58-43(51)33(7)59-60(44(8,9)10,35-22-16-12-17-23-35)36-24-18-13-19-25-36/h11-25,27-33H,26H2,1-10H3/t27-,28-,29-,30-,31-,32-,33+/m1/s1. The van der Waals surface area contributed by atoms with Crippen LogP contribution in [0.2, 0.25) is 5.04 Å². The lowest BCUT2D eigenvalue weighted by Crippen LogP contribution is -2.68. The largest absolute Gasteiger partial charge is 0.458 e. The highest BCUT2D eigenvalue weighted by molar-refractivity contribution is 6.99. The maximum atomic E-state index is 13.4. The van der Waals surface area contributed by atoms with Crippen molar-refractivity contribution in [2.45, 2.75) is 124 Å². The minimum absolute atomic E-state index is 0.0370. The van der Waals surface area contributed by atoms with Gasteiger partial charge in [0.25, 0.3) is 8.32 Å². The van der Waals surface area contributed by atoms with E-state index >= 15 is 0 Å². The van der Waals surface area contributed by atoms with Crippen molar-refractivity contribution in [3.63, 3.8) is 0 Å². The number of carbonyl (C=O) groups excluding carboxylic acids is 7. The molecule has 0 fully saturated rings. The van der Waals surface area contributed by atoms with Crippen molar-refractivity contribution in [1.82, 2.24) is 0 Å². The van der Waals surface area contributed by atoms with Crippen LogP contribution < -0.4 is 10.4 Å². The van der Waals surface area contributed by atoms with Crippen LogP contribution in [0.25, 0.3) is 0 Å². The molecule has 0 saturated carbocycles. The van der Waals surface area contributed by atoms with Gasteiger partial charge in [-0.15, -0.1) is 0 Å². The van der Waals surface area contributed by atoms with Crippen molar-refractivity contribution in [3.05, 3.63) is 96.6 Å². The van der Waals surface area contributed by atoms with E-state index in [1.165, 1.54) is 27.7 Å². The van der Waals surface area contributed by atoms with Gasteiger partial charge in [-0.25, -0.2) is 33.6 Å². The van der Waals surface area contributed by atoms with Gasteiger partial charge in [-0.2, -0.15) is 0 Å². The zero-order chi connectivity index (χ0) is 44.8. The Kier molecular flexibility index (Phi) is 17.7. The highest BCUT2D eigenvalue weighted by Gasteiger charge is 2.52. The molecule has 0 N–H and O–H groups in total. The van der Waals surface area contributed by atoms with Gasteiger partial charge in [0.05, 0.1) is 0 Å². The fraction of sp³-hybridized carbons (Fsp3) is 0.432. The predicted molar refractivity (Wildman–Crippen MR) is 218 cm³/mol. The fourth-order valence-electron chi connectivity index (χ4n) is 5.76. The lowest BCUT2D eigenvalue weighted by Gasteiger charge is -2.44. The smallest absolute Gasteiger partial charge is 0.347 e. The molecule has 3 rings (SSSR count). The normalized spacial score (nSPS) is 15.0. The third-order valence-electron chi connectivity index (χ3n) is 9.08. The van der Waals surface area contributed by atoms with Crippen molar-refractivity contribution < 1.29 is 71.1 Å². The Labute approximate surface area is 351 Å². The maximum Gasteiger partial charge on any atom is 0.347 e. The van der Waals surface area contributed by atoms with Crippen molar-refractivity contribution in [1.29, 1.82) is 0 Å². The molecule has 0 saturated heterocycles. The highest BCUT2D eigenvalue weighted by Crippen LogP contribution is 2.37. The molecule has 60 heavy (non-hydrogen) atoms. The van der Waals surface area contributed by atoms with Gasteiger partial charge in [0.2, 0.25) is 0 Å². The Balaban J connectivity index is 1.48. The summed E-state index contributed by atoms with van der Waals surface area (Å²) < 4.78 is 42.6. The summed E-state index contributed by atoms with van der Waals surface area (Å²) in [5, 5.41) is 1.44. The lowest BCUT2D eigenvalue weighted by molar-refractivity contribution is -0.188. The molecule has 0 aromatic heterocycles. The molecule has 7 atom stereocenters. The summed E-state index contributed by atoms with van der Waals surface area (Å²) in [6.07, 6.45) is -10.0. The minimum Gasteiger partial charge on any atom is -0.458 e. The van der Waals surface area contributed by atoms with Gasteiger partial charge in [0.15, 0.2) is 36.6 Å². The van der Waals surface area contributed by atoms with E-state index in [4.69, 9.17) is 37.6 Å². The number of hydrogen-bond acceptors (Lipinski definition) is 15. The van der Waals surface area contributed by atoms with Crippen molar-refractivity contribution in [2.75, 3.05) is 0 Å². The molecular formula is C44H54O15Si. The fourth-order valence-corrected chi connectivity index (χ4v) is 10.4. The van der Waals surface area contributed by atoms with Gasteiger partial charge in [-0.3, -0.25) is 0 Å². The molecule has 0 aliphatic carbocycles. The van der Waals surface area contributed by atoms with Gasteiger partial charge in [0.1, 0.15) is 12.7 Å². The number of esters is 7. The van der Waals surface area contributed by atoms with Crippen LogP contribution in [0.15, 0.2) is 91.0 Å². The van der Waals surface area contributed by atoms with Gasteiger partial charge in [-0.05, 0) is 69.4 Å². The quantitative estimate of drug-likeness (QED) is 0.0942. The van der Waals surface area contributed by atoms with E-state index in [2.05, 4.69) is 0 Å². The topological polar surface area (TPSA) is 193 Å². The first-order valence-corrected chi connectivity index (χ1v) is 21.3. The molecule has 324 valence electrons. The number of carbonyl (C=O) groups is 7. The first kappa shape index (κ1) is 48.5. The Hall–Kier alpha value is -5.87. The molecule has 0 bridgehead atoms. The van der Waals surface area contributed by atoms with Crippen LogP contribution in [0.3, 0.4) is 0 Å². The number of benzene rings is 3. The van der Waals surface area contributed by atoms with Crippen LogP contribution in [-0.4, -0.2) is 92.8 Å². The summed E-state index contributed by atoms with van der Waals surface area (Å²) in [5.41, 5.74) is 0.728. The molecule has 0 heterocycles. The Bertz CT molecular complexity index is 1890. The first-order chi connectivity index (χ1) is 28.2. The van der Waals surface area contributed by atoms with E-state index in [1.807, 2.05) is 81.4 Å². The van der Waals surface area contributed by atoms with E-state index in [0.29, 0.717) is 0 Å². The molecule has 0 aliphatic heterocycles. The van der Waals surface area contributed by atoms with Crippen molar-refractivity contribution in [2.24, 2.45) is 0 Å². The zero-order valence-corrected chi connectivity index (χ0v) is 36.5. The molecular weight excluding hydrogens is 797 g/mol. The lowest BCUT2D eigenvalue weighted by atomic mass is 10.2. The molecule has 0 spiro atoms. The maximum absolute atomic E-state index is 13.4. The van der Waals surface area contributed by atoms with E-state index in [-0.39, 0.29) is 6.61 Å². The Morgan fingerprint density at radius 1 is 0.417 bits per heavy atom. The van der Waals surface area contributed by atoms with Crippen molar-refractivity contribution >= 4 is 60.5 Å². The molecule has 16 heteroatoms. The van der Waals surface area contributed by atoms with Crippen LogP contribution >= 0.6 is 0 Å². The molecule has 0 unspecified atom stereocenters. The average Bonchev–Trinajstić information content (AvgIpc) is 3.21. The van der Waals surface area contributed by atoms with E-state index in [1.54, 1.807) is 37.3 Å². The van der Waals surface area contributed by atoms with Gasteiger partial charge < -0.3 is 37.6 Å². The Morgan fingerprint density at radius 3 is 0.983 bits per heavy atom. The van der Waals surface area contributed by atoms with Gasteiger partial charge >= 0.3 is 41.8 Å². The molecule has 3 aromatic rings. The van der Waals surface area contributed by atoms with E-state index in [9.17, 15) is 33.6 Å². The average molecular weight is 851 g/mol.